The van der Waals surface area contributed by atoms with Gasteiger partial charge in [-0.15, -0.1) is 0 Å². The Balaban J connectivity index is 4.19. The number of nitrogens with two attached hydrogens (primary N) is 1. The van der Waals surface area contributed by atoms with Gasteiger partial charge in [-0.1, -0.05) is 0 Å². The molecule has 68 valence electrons. The lowest BCUT2D eigenvalue weighted by Crippen LogP contribution is -2.37. The third-order valence-electron chi connectivity index (χ3n) is 1.44. The predicted molar refractivity (Wildman–Crippen MR) is 47.1 cm³/mol. The minimum atomic E-state index is -0.898. The summed E-state index contributed by atoms with van der Waals surface area (Å²) in [6, 6.07) is -0.761. The number of carbonyl (C=O) groups is 3. The number of aldehydes is 2. The highest BCUT2D eigenvalue weighted by Gasteiger charge is 2.22. The van der Waals surface area contributed by atoms with Crippen LogP contribution in [0.1, 0.15) is 6.42 Å². The van der Waals surface area contributed by atoms with Gasteiger partial charge in [-0.25, -0.2) is 0 Å². The highest BCUT2D eigenvalue weighted by molar-refractivity contribution is 7.80. The van der Waals surface area contributed by atoms with Gasteiger partial charge in [0.2, 0.25) is 0 Å². The zero-order valence-electron chi connectivity index (χ0n) is 6.47. The summed E-state index contributed by atoms with van der Waals surface area (Å²) in [5.74, 6) is -1.14. The standard InChI is InChI=1S/C7H11NO3S/c8-6(4-12)7(11)5(3-10)1-2-9/h2-3,5-6,12H,1,4,8H2. The van der Waals surface area contributed by atoms with Gasteiger partial charge in [0, 0.05) is 12.2 Å². The van der Waals surface area contributed by atoms with E-state index in [4.69, 9.17) is 5.73 Å². The first-order chi connectivity index (χ1) is 5.67. The molecule has 2 unspecified atom stereocenters. The molecule has 0 amide bonds. The van der Waals surface area contributed by atoms with Gasteiger partial charge in [0.05, 0.1) is 12.0 Å². The second-order valence-corrected chi connectivity index (χ2v) is 2.70. The zero-order chi connectivity index (χ0) is 9.56. The van der Waals surface area contributed by atoms with Crippen LogP contribution in [0.2, 0.25) is 0 Å². The summed E-state index contributed by atoms with van der Waals surface area (Å²) in [5.41, 5.74) is 5.32. The number of hydrogen-bond acceptors (Lipinski definition) is 5. The van der Waals surface area contributed by atoms with E-state index in [-0.39, 0.29) is 12.2 Å². The minimum absolute atomic E-state index is 0.0934. The SMILES string of the molecule is NC(CS)C(=O)C(C=O)CC=O. The Morgan fingerprint density at radius 2 is 2.08 bits per heavy atom. The molecule has 0 saturated heterocycles. The molecule has 0 aliphatic heterocycles. The van der Waals surface area contributed by atoms with E-state index in [0.717, 1.165) is 0 Å². The molecule has 0 spiro atoms. The fourth-order valence-electron chi connectivity index (χ4n) is 0.707. The number of thiol groups is 1. The van der Waals surface area contributed by atoms with Crippen LogP contribution in [0.5, 0.6) is 0 Å². The predicted octanol–water partition coefficient (Wildman–Crippen LogP) is -0.783. The molecule has 0 aromatic rings. The number of carbonyl (C=O) groups excluding carboxylic acids is 3. The normalized spacial score (nSPS) is 14.8. The lowest BCUT2D eigenvalue weighted by molar-refractivity contribution is -0.130. The maximum absolute atomic E-state index is 11.1. The first-order valence-corrected chi connectivity index (χ1v) is 4.09. The molecule has 2 atom stereocenters. The third-order valence-corrected chi connectivity index (χ3v) is 1.84. The van der Waals surface area contributed by atoms with E-state index < -0.39 is 17.7 Å². The Hall–Kier alpha value is -0.680. The highest BCUT2D eigenvalue weighted by atomic mass is 32.1. The summed E-state index contributed by atoms with van der Waals surface area (Å²) >= 11 is 3.81. The van der Waals surface area contributed by atoms with Crippen LogP contribution >= 0.6 is 12.6 Å². The Morgan fingerprint density at radius 1 is 1.50 bits per heavy atom. The number of Topliss-reactive ketones (excluding diaryl/α,β-unsaturated/α-hetero) is 1. The van der Waals surface area contributed by atoms with Crippen molar-refractivity contribution in [1.82, 2.24) is 0 Å². The number of rotatable bonds is 6. The van der Waals surface area contributed by atoms with Gasteiger partial charge in [-0.3, -0.25) is 4.79 Å². The van der Waals surface area contributed by atoms with Crippen LogP contribution in [0.25, 0.3) is 0 Å². The van der Waals surface area contributed by atoms with Crippen LogP contribution in [-0.2, 0) is 14.4 Å². The van der Waals surface area contributed by atoms with E-state index in [0.29, 0.717) is 12.6 Å². The van der Waals surface area contributed by atoms with Gasteiger partial charge in [-0.05, 0) is 0 Å². The Labute approximate surface area is 75.9 Å². The summed E-state index contributed by atoms with van der Waals surface area (Å²) < 4.78 is 0. The van der Waals surface area contributed by atoms with E-state index in [9.17, 15) is 14.4 Å². The third kappa shape index (κ3) is 3.15. The van der Waals surface area contributed by atoms with Crippen LogP contribution < -0.4 is 5.73 Å². The van der Waals surface area contributed by atoms with Gasteiger partial charge in [0.1, 0.15) is 12.6 Å². The molecule has 0 aromatic carbocycles. The molecule has 0 saturated carbocycles. The maximum Gasteiger partial charge on any atom is 0.160 e. The fourth-order valence-corrected chi connectivity index (χ4v) is 0.887. The molecule has 0 radical (unpaired) electrons. The molecule has 5 heteroatoms. The molecule has 0 rings (SSSR count). The fraction of sp³-hybridized carbons (Fsp3) is 0.571. The topological polar surface area (TPSA) is 77.2 Å². The summed E-state index contributed by atoms with van der Waals surface area (Å²) in [5, 5.41) is 0. The molecule has 0 heterocycles. The first kappa shape index (κ1) is 11.3. The van der Waals surface area contributed by atoms with Crippen LogP contribution in [0, 0.1) is 5.92 Å². The molecule has 4 nitrogen and oxygen atoms in total. The molecule has 0 aliphatic rings. The van der Waals surface area contributed by atoms with Crippen molar-refractivity contribution in [1.29, 1.82) is 0 Å². The Kier molecular flexibility index (Phi) is 5.57. The van der Waals surface area contributed by atoms with Crippen molar-refractivity contribution >= 4 is 31.0 Å². The van der Waals surface area contributed by atoms with Crippen molar-refractivity contribution in [3.63, 3.8) is 0 Å². The van der Waals surface area contributed by atoms with Gasteiger partial charge < -0.3 is 15.3 Å². The van der Waals surface area contributed by atoms with E-state index in [1.54, 1.807) is 0 Å². The van der Waals surface area contributed by atoms with Crippen LogP contribution in [0.4, 0.5) is 0 Å². The van der Waals surface area contributed by atoms with Crippen molar-refractivity contribution in [3.05, 3.63) is 0 Å². The largest absolute Gasteiger partial charge is 0.321 e. The van der Waals surface area contributed by atoms with Crippen molar-refractivity contribution < 1.29 is 14.4 Å². The quantitative estimate of drug-likeness (QED) is 0.326. The molecular formula is C7H11NO3S. The summed E-state index contributed by atoms with van der Waals surface area (Å²) in [7, 11) is 0. The highest BCUT2D eigenvalue weighted by Crippen LogP contribution is 2.02. The van der Waals surface area contributed by atoms with Crippen LogP contribution in [0.15, 0.2) is 0 Å². The van der Waals surface area contributed by atoms with Gasteiger partial charge >= 0.3 is 0 Å². The van der Waals surface area contributed by atoms with E-state index >= 15 is 0 Å². The molecule has 0 aromatic heterocycles. The smallest absolute Gasteiger partial charge is 0.160 e. The minimum Gasteiger partial charge on any atom is -0.321 e. The maximum atomic E-state index is 11.1. The first-order valence-electron chi connectivity index (χ1n) is 3.46. The Bertz CT molecular complexity index is 183. The molecule has 0 fully saturated rings. The van der Waals surface area contributed by atoms with Crippen molar-refractivity contribution in [3.8, 4) is 0 Å². The number of ketones is 1. The average molecular weight is 189 g/mol. The van der Waals surface area contributed by atoms with Crippen molar-refractivity contribution in [2.24, 2.45) is 11.7 Å². The lowest BCUT2D eigenvalue weighted by Gasteiger charge is -2.10. The summed E-state index contributed by atoms with van der Waals surface area (Å²) in [6.45, 7) is 0. The van der Waals surface area contributed by atoms with Gasteiger partial charge in [0.25, 0.3) is 0 Å². The van der Waals surface area contributed by atoms with Crippen LogP contribution in [-0.4, -0.2) is 30.2 Å². The van der Waals surface area contributed by atoms with E-state index in [2.05, 4.69) is 12.6 Å². The second kappa shape index (κ2) is 5.91. The zero-order valence-corrected chi connectivity index (χ0v) is 7.37. The second-order valence-electron chi connectivity index (χ2n) is 2.34. The van der Waals surface area contributed by atoms with Gasteiger partial charge in [-0.2, -0.15) is 12.6 Å². The average Bonchev–Trinajstić information content (AvgIpc) is 2.11. The van der Waals surface area contributed by atoms with Crippen molar-refractivity contribution in [2.45, 2.75) is 12.5 Å². The summed E-state index contributed by atoms with van der Waals surface area (Å²) in [6.07, 6.45) is 0.881. The van der Waals surface area contributed by atoms with Gasteiger partial charge in [0.15, 0.2) is 5.78 Å². The van der Waals surface area contributed by atoms with Crippen molar-refractivity contribution in [2.75, 3.05) is 5.75 Å². The Morgan fingerprint density at radius 3 is 2.42 bits per heavy atom. The van der Waals surface area contributed by atoms with E-state index in [1.165, 1.54) is 0 Å². The summed E-state index contributed by atoms with van der Waals surface area (Å²) in [4.78, 5) is 31.4. The van der Waals surface area contributed by atoms with E-state index in [1.807, 2.05) is 0 Å². The van der Waals surface area contributed by atoms with Crippen LogP contribution in [0.3, 0.4) is 0 Å². The molecular weight excluding hydrogens is 178 g/mol. The monoisotopic (exact) mass is 189 g/mol. The molecule has 0 bridgehead atoms. The molecule has 2 N–H and O–H groups in total. The molecule has 0 aliphatic carbocycles. The lowest BCUT2D eigenvalue weighted by atomic mass is 9.98. The molecule has 12 heavy (non-hydrogen) atoms. The number of hydrogen-bond donors (Lipinski definition) is 2.